The number of rotatable bonds is 8. The van der Waals surface area contributed by atoms with Crippen molar-refractivity contribution in [3.63, 3.8) is 0 Å². The summed E-state index contributed by atoms with van der Waals surface area (Å²) in [5, 5.41) is 3.20. The van der Waals surface area contributed by atoms with Gasteiger partial charge in [0.1, 0.15) is 9.84 Å². The minimum absolute atomic E-state index is 0.104. The van der Waals surface area contributed by atoms with Crippen LogP contribution in [0.2, 0.25) is 0 Å². The smallest absolute Gasteiger partial charge is 0.160 e. The molecule has 0 heterocycles. The summed E-state index contributed by atoms with van der Waals surface area (Å²) in [6.45, 7) is 2.69. The van der Waals surface area contributed by atoms with Crippen molar-refractivity contribution in [3.8, 4) is 11.5 Å². The molecule has 1 unspecified atom stereocenters. The summed E-state index contributed by atoms with van der Waals surface area (Å²) >= 11 is 0. The van der Waals surface area contributed by atoms with Crippen molar-refractivity contribution in [1.29, 1.82) is 0 Å². The fourth-order valence-corrected chi connectivity index (χ4v) is 3.10. The van der Waals surface area contributed by atoms with Gasteiger partial charge in [0.2, 0.25) is 0 Å². The van der Waals surface area contributed by atoms with Gasteiger partial charge in [-0.15, -0.1) is 0 Å². The third kappa shape index (κ3) is 5.38. The van der Waals surface area contributed by atoms with Gasteiger partial charge in [0.15, 0.2) is 11.5 Å². The molecule has 0 radical (unpaired) electrons. The maximum atomic E-state index is 11.4. The second-order valence-electron chi connectivity index (χ2n) is 4.74. The van der Waals surface area contributed by atoms with Crippen molar-refractivity contribution in [2.24, 2.45) is 0 Å². The summed E-state index contributed by atoms with van der Waals surface area (Å²) in [4.78, 5) is 0. The Morgan fingerprint density at radius 3 is 2.35 bits per heavy atom. The summed E-state index contributed by atoms with van der Waals surface area (Å²) in [6.07, 6.45) is 1.88. The van der Waals surface area contributed by atoms with E-state index in [1.54, 1.807) is 14.2 Å². The molecule has 1 aromatic rings. The molecule has 0 fully saturated rings. The topological polar surface area (TPSA) is 64.6 Å². The molecular weight excluding hydrogens is 278 g/mol. The first-order chi connectivity index (χ1) is 9.39. The quantitative estimate of drug-likeness (QED) is 0.783. The molecule has 0 aliphatic rings. The van der Waals surface area contributed by atoms with Gasteiger partial charge >= 0.3 is 0 Å². The molecule has 0 amide bonds. The molecular formula is C14H23NO4S. The summed E-state index contributed by atoms with van der Waals surface area (Å²) in [6, 6.07) is 5.53. The van der Waals surface area contributed by atoms with E-state index in [1.165, 1.54) is 6.26 Å². The molecule has 20 heavy (non-hydrogen) atoms. The predicted octanol–water partition coefficient (Wildman–Crippen LogP) is 1.27. The zero-order valence-electron chi connectivity index (χ0n) is 12.5. The van der Waals surface area contributed by atoms with Gasteiger partial charge in [-0.3, -0.25) is 0 Å². The van der Waals surface area contributed by atoms with E-state index >= 15 is 0 Å². The fourth-order valence-electron chi connectivity index (χ4n) is 2.14. The molecule has 1 rings (SSSR count). The van der Waals surface area contributed by atoms with Crippen LogP contribution in [0.15, 0.2) is 18.2 Å². The van der Waals surface area contributed by atoms with Crippen molar-refractivity contribution in [1.82, 2.24) is 5.32 Å². The maximum Gasteiger partial charge on any atom is 0.160 e. The first-order valence-electron chi connectivity index (χ1n) is 6.51. The lowest BCUT2D eigenvalue weighted by Gasteiger charge is -2.18. The SMILES string of the molecule is CCNC(Cc1ccc(OC)c(OC)c1)CS(C)(=O)=O. The van der Waals surface area contributed by atoms with Crippen LogP contribution in [0.5, 0.6) is 11.5 Å². The number of hydrogen-bond acceptors (Lipinski definition) is 5. The van der Waals surface area contributed by atoms with Gasteiger partial charge in [-0.05, 0) is 30.7 Å². The van der Waals surface area contributed by atoms with Crippen molar-refractivity contribution in [2.75, 3.05) is 32.8 Å². The van der Waals surface area contributed by atoms with Gasteiger partial charge in [0, 0.05) is 12.3 Å². The van der Waals surface area contributed by atoms with Crippen LogP contribution in [0.4, 0.5) is 0 Å². The Hall–Kier alpha value is -1.27. The molecule has 0 aromatic heterocycles. The Kier molecular flexibility index (Phi) is 6.29. The van der Waals surface area contributed by atoms with E-state index in [9.17, 15) is 8.42 Å². The lowest BCUT2D eigenvalue weighted by Crippen LogP contribution is -2.37. The molecule has 1 aromatic carbocycles. The number of methoxy groups -OCH3 is 2. The second kappa shape index (κ2) is 7.50. The Morgan fingerprint density at radius 1 is 1.20 bits per heavy atom. The Balaban J connectivity index is 2.88. The van der Waals surface area contributed by atoms with E-state index in [0.717, 1.165) is 12.1 Å². The molecule has 6 heteroatoms. The van der Waals surface area contributed by atoms with Gasteiger partial charge < -0.3 is 14.8 Å². The molecule has 1 N–H and O–H groups in total. The number of benzene rings is 1. The standard InChI is InChI=1S/C14H23NO4S/c1-5-15-12(10-20(4,16)17)8-11-6-7-13(18-2)14(9-11)19-3/h6-7,9,12,15H,5,8,10H2,1-4H3. The number of likely N-dealkylation sites (N-methyl/N-ethyl adjacent to an activating group) is 1. The van der Waals surface area contributed by atoms with Crippen molar-refractivity contribution in [2.45, 2.75) is 19.4 Å². The summed E-state index contributed by atoms with van der Waals surface area (Å²) in [5.74, 6) is 1.44. The maximum absolute atomic E-state index is 11.4. The number of hydrogen-bond donors (Lipinski definition) is 1. The molecule has 1 atom stereocenters. The highest BCUT2D eigenvalue weighted by atomic mass is 32.2. The lowest BCUT2D eigenvalue weighted by molar-refractivity contribution is 0.354. The van der Waals surface area contributed by atoms with Crippen LogP contribution < -0.4 is 14.8 Å². The Bertz CT molecular complexity index is 528. The van der Waals surface area contributed by atoms with Crippen LogP contribution in [0.25, 0.3) is 0 Å². The van der Waals surface area contributed by atoms with E-state index in [-0.39, 0.29) is 11.8 Å². The highest BCUT2D eigenvalue weighted by molar-refractivity contribution is 7.90. The second-order valence-corrected chi connectivity index (χ2v) is 6.93. The largest absolute Gasteiger partial charge is 0.493 e. The van der Waals surface area contributed by atoms with Crippen molar-refractivity contribution in [3.05, 3.63) is 23.8 Å². The number of nitrogens with one attached hydrogen (secondary N) is 1. The van der Waals surface area contributed by atoms with Gasteiger partial charge in [-0.2, -0.15) is 0 Å². The minimum atomic E-state index is -3.01. The van der Waals surface area contributed by atoms with Crippen LogP contribution in [-0.2, 0) is 16.3 Å². The molecule has 5 nitrogen and oxygen atoms in total. The molecule has 0 aliphatic carbocycles. The molecule has 0 saturated heterocycles. The van der Waals surface area contributed by atoms with Crippen LogP contribution >= 0.6 is 0 Å². The number of ether oxygens (including phenoxy) is 2. The fraction of sp³-hybridized carbons (Fsp3) is 0.571. The zero-order valence-corrected chi connectivity index (χ0v) is 13.3. The molecule has 114 valence electrons. The normalized spacial score (nSPS) is 13.0. The van der Waals surface area contributed by atoms with E-state index in [0.29, 0.717) is 17.9 Å². The van der Waals surface area contributed by atoms with E-state index in [1.807, 2.05) is 25.1 Å². The van der Waals surface area contributed by atoms with Crippen LogP contribution in [0.3, 0.4) is 0 Å². The monoisotopic (exact) mass is 301 g/mol. The Morgan fingerprint density at radius 2 is 1.85 bits per heavy atom. The van der Waals surface area contributed by atoms with Crippen molar-refractivity contribution >= 4 is 9.84 Å². The minimum Gasteiger partial charge on any atom is -0.493 e. The lowest BCUT2D eigenvalue weighted by atomic mass is 10.1. The van der Waals surface area contributed by atoms with E-state index in [4.69, 9.17) is 9.47 Å². The van der Waals surface area contributed by atoms with Crippen LogP contribution in [0.1, 0.15) is 12.5 Å². The summed E-state index contributed by atoms with van der Waals surface area (Å²) in [7, 11) is 0.157. The van der Waals surface area contributed by atoms with E-state index < -0.39 is 9.84 Å². The first kappa shape index (κ1) is 16.8. The highest BCUT2D eigenvalue weighted by Gasteiger charge is 2.16. The average molecular weight is 301 g/mol. The molecule has 0 aliphatic heterocycles. The summed E-state index contributed by atoms with van der Waals surface area (Å²) in [5.41, 5.74) is 1.01. The third-order valence-corrected chi connectivity index (χ3v) is 3.93. The van der Waals surface area contributed by atoms with Crippen molar-refractivity contribution < 1.29 is 17.9 Å². The Labute approximate surface area is 121 Å². The average Bonchev–Trinajstić information content (AvgIpc) is 2.37. The van der Waals surface area contributed by atoms with E-state index in [2.05, 4.69) is 5.32 Å². The van der Waals surface area contributed by atoms with Gasteiger partial charge in [0.05, 0.1) is 20.0 Å². The zero-order chi connectivity index (χ0) is 15.2. The molecule has 0 saturated carbocycles. The van der Waals surface area contributed by atoms with Gasteiger partial charge in [0.25, 0.3) is 0 Å². The van der Waals surface area contributed by atoms with Crippen LogP contribution in [-0.4, -0.2) is 47.2 Å². The highest BCUT2D eigenvalue weighted by Crippen LogP contribution is 2.28. The molecule has 0 bridgehead atoms. The summed E-state index contributed by atoms with van der Waals surface area (Å²) < 4.78 is 33.3. The predicted molar refractivity (Wildman–Crippen MR) is 80.4 cm³/mol. The number of sulfone groups is 1. The first-order valence-corrected chi connectivity index (χ1v) is 8.57. The third-order valence-electron chi connectivity index (χ3n) is 2.93. The molecule has 0 spiro atoms. The van der Waals surface area contributed by atoms with Gasteiger partial charge in [-0.1, -0.05) is 13.0 Å². The van der Waals surface area contributed by atoms with Gasteiger partial charge in [-0.25, -0.2) is 8.42 Å². The van der Waals surface area contributed by atoms with Crippen LogP contribution in [0, 0.1) is 0 Å².